The molecule has 5 rings (SSSR count). The number of nitrogens with zero attached hydrogens (tertiary/aromatic N) is 3. The number of methoxy groups -OCH3 is 1. The van der Waals surface area contributed by atoms with Gasteiger partial charge in [0.1, 0.15) is 16.3 Å². The molecule has 35 heavy (non-hydrogen) atoms. The summed E-state index contributed by atoms with van der Waals surface area (Å²) in [4.78, 5) is 46.8. The monoisotopic (exact) mass is 489 g/mol. The van der Waals surface area contributed by atoms with Crippen molar-refractivity contribution in [2.45, 2.75) is 19.9 Å². The summed E-state index contributed by atoms with van der Waals surface area (Å²) in [5.74, 6) is -0.287. The van der Waals surface area contributed by atoms with Crippen LogP contribution in [0.3, 0.4) is 0 Å². The first kappa shape index (κ1) is 22.8. The highest BCUT2D eigenvalue weighted by atomic mass is 32.1. The van der Waals surface area contributed by atoms with E-state index in [1.165, 1.54) is 16.6 Å². The van der Waals surface area contributed by atoms with Gasteiger partial charge in [0.25, 0.3) is 11.5 Å². The lowest BCUT2D eigenvalue weighted by atomic mass is 9.95. The van der Waals surface area contributed by atoms with Gasteiger partial charge in [0, 0.05) is 18.2 Å². The van der Waals surface area contributed by atoms with Crippen molar-refractivity contribution in [1.82, 2.24) is 4.57 Å². The fraction of sp³-hybridized carbons (Fsp3) is 0.231. The molecule has 1 amide bonds. The molecule has 0 aliphatic carbocycles. The molecular formula is C26H23N3O5S. The zero-order valence-electron chi connectivity index (χ0n) is 19.7. The van der Waals surface area contributed by atoms with E-state index < -0.39 is 17.6 Å². The summed E-state index contributed by atoms with van der Waals surface area (Å²) in [5, 5.41) is 0. The van der Waals surface area contributed by atoms with Gasteiger partial charge in [-0.15, -0.1) is 0 Å². The van der Waals surface area contributed by atoms with Crippen LogP contribution in [0.5, 0.6) is 5.75 Å². The Morgan fingerprint density at radius 2 is 1.83 bits per heavy atom. The molecule has 0 spiro atoms. The molecule has 0 radical (unpaired) electrons. The number of ether oxygens (including phenoxy) is 2. The SMILES string of the molecule is CCOC(=O)C1=C(C)N=c2s/c(=C3\C(=O)N(C)c4ccccc43)c(=O)n2C1c1ccccc1OC. The first-order valence-corrected chi connectivity index (χ1v) is 11.9. The van der Waals surface area contributed by atoms with Gasteiger partial charge in [-0.25, -0.2) is 9.79 Å². The Bertz CT molecular complexity index is 1600. The number of rotatable bonds is 4. The van der Waals surface area contributed by atoms with E-state index in [0.29, 0.717) is 32.9 Å². The van der Waals surface area contributed by atoms with Crippen LogP contribution in [0, 0.1) is 0 Å². The summed E-state index contributed by atoms with van der Waals surface area (Å²) in [6, 6.07) is 13.8. The number of likely N-dealkylation sites (N-methyl/N-ethyl adjacent to an activating group) is 1. The number of thiazole rings is 1. The Kier molecular flexibility index (Phi) is 5.64. The van der Waals surface area contributed by atoms with E-state index in [-0.39, 0.29) is 22.6 Å². The molecule has 0 bridgehead atoms. The van der Waals surface area contributed by atoms with Crippen LogP contribution >= 0.6 is 11.3 Å². The molecule has 178 valence electrons. The van der Waals surface area contributed by atoms with E-state index in [0.717, 1.165) is 17.0 Å². The number of fused-ring (bicyclic) bond motifs is 2. The number of carbonyl (C=O) groups is 2. The van der Waals surface area contributed by atoms with Crippen molar-refractivity contribution in [2.24, 2.45) is 4.99 Å². The van der Waals surface area contributed by atoms with Gasteiger partial charge >= 0.3 is 5.97 Å². The summed E-state index contributed by atoms with van der Waals surface area (Å²) < 4.78 is 12.7. The van der Waals surface area contributed by atoms with Crippen molar-refractivity contribution < 1.29 is 19.1 Å². The van der Waals surface area contributed by atoms with E-state index in [1.54, 1.807) is 27.0 Å². The molecule has 1 aromatic heterocycles. The fourth-order valence-corrected chi connectivity index (χ4v) is 5.75. The first-order chi connectivity index (χ1) is 16.9. The number of benzene rings is 2. The minimum Gasteiger partial charge on any atom is -0.496 e. The summed E-state index contributed by atoms with van der Waals surface area (Å²) in [6.07, 6.45) is 0. The van der Waals surface area contributed by atoms with Crippen LogP contribution in [-0.2, 0) is 14.3 Å². The average Bonchev–Trinajstić information content (AvgIpc) is 3.31. The summed E-state index contributed by atoms with van der Waals surface area (Å²) in [7, 11) is 3.22. The van der Waals surface area contributed by atoms with Crippen LogP contribution in [0.15, 0.2) is 69.6 Å². The van der Waals surface area contributed by atoms with Crippen molar-refractivity contribution in [2.75, 3.05) is 25.7 Å². The Morgan fingerprint density at radius 3 is 2.57 bits per heavy atom. The molecule has 1 atom stereocenters. The molecule has 0 fully saturated rings. The Hall–Kier alpha value is -3.98. The van der Waals surface area contributed by atoms with Crippen molar-refractivity contribution in [3.8, 4) is 5.75 Å². The van der Waals surface area contributed by atoms with Crippen LogP contribution in [-0.4, -0.2) is 37.2 Å². The standard InChI is InChI=1S/C26H23N3O5S/c1-5-34-25(32)19-14(2)27-26-29(21(19)16-11-7-9-13-18(16)33-4)24(31)22(35-26)20-15-10-6-8-12-17(15)28(3)23(20)30/h6-13,21H,5H2,1-4H3/b22-20-. The highest BCUT2D eigenvalue weighted by molar-refractivity contribution is 7.07. The Morgan fingerprint density at radius 1 is 1.11 bits per heavy atom. The van der Waals surface area contributed by atoms with E-state index in [4.69, 9.17) is 9.47 Å². The molecule has 0 N–H and O–H groups in total. The Labute approximate surface area is 205 Å². The van der Waals surface area contributed by atoms with Gasteiger partial charge in [0.2, 0.25) is 0 Å². The molecule has 2 aliphatic rings. The summed E-state index contributed by atoms with van der Waals surface area (Å²) >= 11 is 1.14. The topological polar surface area (TPSA) is 90.2 Å². The minimum atomic E-state index is -0.819. The maximum atomic E-state index is 14.0. The second-order valence-electron chi connectivity index (χ2n) is 8.12. The first-order valence-electron chi connectivity index (χ1n) is 11.1. The van der Waals surface area contributed by atoms with Crippen molar-refractivity contribution in [3.05, 3.63) is 90.6 Å². The van der Waals surface area contributed by atoms with E-state index in [1.807, 2.05) is 42.5 Å². The van der Waals surface area contributed by atoms with Crippen molar-refractivity contribution in [3.63, 3.8) is 0 Å². The zero-order valence-corrected chi connectivity index (χ0v) is 20.5. The number of esters is 1. The smallest absolute Gasteiger partial charge is 0.338 e. The molecule has 1 unspecified atom stereocenters. The largest absolute Gasteiger partial charge is 0.496 e. The van der Waals surface area contributed by atoms with Gasteiger partial charge in [-0.1, -0.05) is 47.7 Å². The molecule has 0 saturated carbocycles. The third-order valence-corrected chi connectivity index (χ3v) is 7.26. The van der Waals surface area contributed by atoms with Gasteiger partial charge < -0.3 is 14.4 Å². The third-order valence-electron chi connectivity index (χ3n) is 6.21. The number of para-hydroxylation sites is 2. The van der Waals surface area contributed by atoms with Crippen molar-refractivity contribution in [1.29, 1.82) is 0 Å². The van der Waals surface area contributed by atoms with Gasteiger partial charge in [0.15, 0.2) is 4.80 Å². The molecule has 0 saturated heterocycles. The zero-order chi connectivity index (χ0) is 24.9. The molecule has 2 aliphatic heterocycles. The quantitative estimate of drug-likeness (QED) is 0.524. The minimum absolute atomic E-state index is 0.181. The predicted molar refractivity (Wildman–Crippen MR) is 132 cm³/mol. The van der Waals surface area contributed by atoms with E-state index >= 15 is 0 Å². The molecule has 3 heterocycles. The van der Waals surface area contributed by atoms with Gasteiger partial charge in [-0.3, -0.25) is 14.2 Å². The van der Waals surface area contributed by atoms with E-state index in [2.05, 4.69) is 4.99 Å². The summed E-state index contributed by atoms with van der Waals surface area (Å²) in [5.41, 5.74) is 2.71. The lowest BCUT2D eigenvalue weighted by Gasteiger charge is -2.25. The van der Waals surface area contributed by atoms with Gasteiger partial charge in [0.05, 0.1) is 36.2 Å². The number of hydrogen-bond acceptors (Lipinski definition) is 7. The lowest BCUT2D eigenvalue weighted by Crippen LogP contribution is -2.41. The number of carbonyl (C=O) groups excluding carboxylic acids is 2. The van der Waals surface area contributed by atoms with Crippen molar-refractivity contribution >= 4 is 34.5 Å². The number of hydrogen-bond donors (Lipinski definition) is 0. The second-order valence-corrected chi connectivity index (χ2v) is 9.10. The molecule has 3 aromatic rings. The van der Waals surface area contributed by atoms with E-state index in [9.17, 15) is 14.4 Å². The number of allylic oxidation sites excluding steroid dienone is 1. The number of anilines is 1. The molecule has 8 nitrogen and oxygen atoms in total. The van der Waals surface area contributed by atoms with Crippen LogP contribution in [0.1, 0.15) is 31.0 Å². The molecule has 9 heteroatoms. The van der Waals surface area contributed by atoms with Gasteiger partial charge in [-0.2, -0.15) is 0 Å². The highest BCUT2D eigenvalue weighted by Crippen LogP contribution is 2.36. The highest BCUT2D eigenvalue weighted by Gasteiger charge is 2.37. The number of aromatic nitrogens is 1. The van der Waals surface area contributed by atoms with Crippen LogP contribution in [0.4, 0.5) is 5.69 Å². The van der Waals surface area contributed by atoms with Crippen LogP contribution in [0.2, 0.25) is 0 Å². The number of amides is 1. The third kappa shape index (κ3) is 3.42. The maximum absolute atomic E-state index is 14.0. The Balaban J connectivity index is 1.86. The second kappa shape index (κ2) is 8.66. The molecular weight excluding hydrogens is 466 g/mol. The predicted octanol–water partition coefficient (Wildman–Crippen LogP) is 2.15. The summed E-state index contributed by atoms with van der Waals surface area (Å²) in [6.45, 7) is 3.63. The average molecular weight is 490 g/mol. The molecule has 2 aromatic carbocycles. The van der Waals surface area contributed by atoms with Gasteiger partial charge in [-0.05, 0) is 26.0 Å². The fourth-order valence-electron chi connectivity index (χ4n) is 4.62. The normalized spacial score (nSPS) is 18.2. The lowest BCUT2D eigenvalue weighted by molar-refractivity contribution is -0.139. The van der Waals surface area contributed by atoms with Crippen LogP contribution in [0.25, 0.3) is 5.57 Å². The van der Waals surface area contributed by atoms with Crippen LogP contribution < -0.4 is 24.5 Å². The maximum Gasteiger partial charge on any atom is 0.338 e.